The molecule has 1 rings (SSSR count). The molecule has 2 heteroatoms. The Morgan fingerprint density at radius 2 is 1.90 bits per heavy atom. The zero-order valence-corrected chi connectivity index (χ0v) is 6.42. The van der Waals surface area contributed by atoms with Gasteiger partial charge in [0.05, 0.1) is 6.10 Å². The summed E-state index contributed by atoms with van der Waals surface area (Å²) in [6.07, 6.45) is 5.66. The van der Waals surface area contributed by atoms with E-state index in [2.05, 4.69) is 0 Å². The summed E-state index contributed by atoms with van der Waals surface area (Å²) in [6, 6.07) is 0. The molecular weight excluding hydrogens is 126 g/mol. The maximum atomic E-state index is 9.47. The van der Waals surface area contributed by atoms with Crippen LogP contribution < -0.4 is 5.73 Å². The van der Waals surface area contributed by atoms with E-state index in [0.717, 1.165) is 12.8 Å². The van der Waals surface area contributed by atoms with Crippen molar-refractivity contribution in [3.63, 3.8) is 0 Å². The third-order valence-electron chi connectivity index (χ3n) is 2.42. The van der Waals surface area contributed by atoms with E-state index in [9.17, 15) is 5.11 Å². The molecule has 0 aliphatic heterocycles. The summed E-state index contributed by atoms with van der Waals surface area (Å²) >= 11 is 0. The number of aliphatic hydroxyl groups is 1. The molecule has 0 aromatic carbocycles. The minimum atomic E-state index is -0.118. The molecule has 0 spiro atoms. The van der Waals surface area contributed by atoms with Gasteiger partial charge in [-0.2, -0.15) is 0 Å². The summed E-state index contributed by atoms with van der Waals surface area (Å²) < 4.78 is 0. The van der Waals surface area contributed by atoms with Gasteiger partial charge in [0.2, 0.25) is 0 Å². The predicted molar refractivity (Wildman–Crippen MR) is 41.6 cm³/mol. The first kappa shape index (κ1) is 8.02. The van der Waals surface area contributed by atoms with Gasteiger partial charge in [0, 0.05) is 0 Å². The summed E-state index contributed by atoms with van der Waals surface area (Å²) in [5.41, 5.74) is 5.50. The molecule has 0 amide bonds. The smallest absolute Gasteiger partial charge is 0.0580 e. The topological polar surface area (TPSA) is 46.2 Å². The second-order valence-corrected chi connectivity index (χ2v) is 3.20. The molecule has 1 fully saturated rings. The van der Waals surface area contributed by atoms with Crippen molar-refractivity contribution in [1.29, 1.82) is 0 Å². The predicted octanol–water partition coefficient (Wildman–Crippen LogP) is 0.886. The molecule has 2 nitrogen and oxygen atoms in total. The van der Waals surface area contributed by atoms with Gasteiger partial charge in [0.1, 0.15) is 0 Å². The highest BCUT2D eigenvalue weighted by molar-refractivity contribution is 4.72. The fourth-order valence-corrected chi connectivity index (χ4v) is 1.64. The second-order valence-electron chi connectivity index (χ2n) is 3.20. The van der Waals surface area contributed by atoms with Crippen LogP contribution in [0.2, 0.25) is 0 Å². The van der Waals surface area contributed by atoms with Gasteiger partial charge in [0.25, 0.3) is 0 Å². The van der Waals surface area contributed by atoms with Gasteiger partial charge in [-0.15, -0.1) is 0 Å². The molecule has 0 saturated heterocycles. The Bertz CT molecular complexity index is 95.3. The van der Waals surface area contributed by atoms with Crippen LogP contribution in [0.15, 0.2) is 0 Å². The fraction of sp³-hybridized carbons (Fsp3) is 1.00. The van der Waals surface area contributed by atoms with Crippen molar-refractivity contribution in [1.82, 2.24) is 0 Å². The van der Waals surface area contributed by atoms with E-state index in [-0.39, 0.29) is 6.10 Å². The highest BCUT2D eigenvalue weighted by atomic mass is 16.3. The molecule has 0 unspecified atom stereocenters. The molecule has 0 aromatic rings. The average molecular weight is 143 g/mol. The van der Waals surface area contributed by atoms with Gasteiger partial charge in [0.15, 0.2) is 0 Å². The van der Waals surface area contributed by atoms with E-state index in [1.807, 2.05) is 0 Å². The van der Waals surface area contributed by atoms with Crippen LogP contribution in [-0.2, 0) is 0 Å². The Balaban J connectivity index is 2.35. The van der Waals surface area contributed by atoms with E-state index >= 15 is 0 Å². The summed E-state index contributed by atoms with van der Waals surface area (Å²) in [5, 5.41) is 9.47. The number of hydrogen-bond acceptors (Lipinski definition) is 2. The Labute approximate surface area is 62.4 Å². The maximum absolute atomic E-state index is 9.47. The van der Waals surface area contributed by atoms with Crippen molar-refractivity contribution in [3.05, 3.63) is 0 Å². The lowest BCUT2D eigenvalue weighted by atomic mass is 9.98. The quantitative estimate of drug-likeness (QED) is 0.535. The van der Waals surface area contributed by atoms with Crippen LogP contribution in [0.4, 0.5) is 0 Å². The molecule has 1 saturated carbocycles. The van der Waals surface area contributed by atoms with E-state index in [1.165, 1.54) is 19.3 Å². The normalized spacial score (nSPS) is 35.4. The zero-order chi connectivity index (χ0) is 7.40. The average Bonchev–Trinajstić information content (AvgIpc) is 2.13. The second kappa shape index (κ2) is 3.94. The first-order valence-electron chi connectivity index (χ1n) is 4.22. The monoisotopic (exact) mass is 143 g/mol. The van der Waals surface area contributed by atoms with Gasteiger partial charge in [-0.3, -0.25) is 0 Å². The number of rotatable bonds is 1. The SMILES string of the molecule is NC[C@@H]1CCCCC[C@H]1O. The van der Waals surface area contributed by atoms with Crippen LogP contribution in [0.5, 0.6) is 0 Å². The number of aliphatic hydroxyl groups excluding tert-OH is 1. The van der Waals surface area contributed by atoms with Gasteiger partial charge < -0.3 is 10.8 Å². The van der Waals surface area contributed by atoms with E-state index in [0.29, 0.717) is 12.5 Å². The standard InChI is InChI=1S/C8H17NO/c9-6-7-4-2-1-3-5-8(7)10/h7-8,10H,1-6,9H2/t7-,8+/m0/s1. The van der Waals surface area contributed by atoms with Crippen molar-refractivity contribution < 1.29 is 5.11 Å². The lowest BCUT2D eigenvalue weighted by molar-refractivity contribution is 0.105. The van der Waals surface area contributed by atoms with E-state index < -0.39 is 0 Å². The Morgan fingerprint density at radius 1 is 1.20 bits per heavy atom. The van der Waals surface area contributed by atoms with E-state index in [4.69, 9.17) is 5.73 Å². The molecule has 0 aromatic heterocycles. The van der Waals surface area contributed by atoms with Crippen LogP contribution in [0, 0.1) is 5.92 Å². The largest absolute Gasteiger partial charge is 0.393 e. The molecule has 1 aliphatic rings. The lowest BCUT2D eigenvalue weighted by Crippen LogP contribution is -2.26. The third-order valence-corrected chi connectivity index (χ3v) is 2.42. The van der Waals surface area contributed by atoms with Crippen molar-refractivity contribution >= 4 is 0 Å². The number of nitrogens with two attached hydrogens (primary N) is 1. The highest BCUT2D eigenvalue weighted by Gasteiger charge is 2.19. The van der Waals surface area contributed by atoms with Crippen molar-refractivity contribution in [2.45, 2.75) is 38.2 Å². The third kappa shape index (κ3) is 1.96. The van der Waals surface area contributed by atoms with Gasteiger partial charge in [-0.25, -0.2) is 0 Å². The van der Waals surface area contributed by atoms with E-state index in [1.54, 1.807) is 0 Å². The summed E-state index contributed by atoms with van der Waals surface area (Å²) in [4.78, 5) is 0. The highest BCUT2D eigenvalue weighted by Crippen LogP contribution is 2.22. The maximum Gasteiger partial charge on any atom is 0.0580 e. The van der Waals surface area contributed by atoms with Crippen molar-refractivity contribution in [2.75, 3.05) is 6.54 Å². The van der Waals surface area contributed by atoms with Crippen LogP contribution >= 0.6 is 0 Å². The Hall–Kier alpha value is -0.0800. The summed E-state index contributed by atoms with van der Waals surface area (Å²) in [5.74, 6) is 0.377. The molecular formula is C8H17NO. The van der Waals surface area contributed by atoms with Crippen molar-refractivity contribution in [2.24, 2.45) is 11.7 Å². The summed E-state index contributed by atoms with van der Waals surface area (Å²) in [7, 11) is 0. The summed E-state index contributed by atoms with van der Waals surface area (Å²) in [6.45, 7) is 0.654. The first-order valence-corrected chi connectivity index (χ1v) is 4.22. The number of hydrogen-bond donors (Lipinski definition) is 2. The molecule has 2 atom stereocenters. The molecule has 0 heterocycles. The minimum absolute atomic E-state index is 0.118. The Morgan fingerprint density at radius 3 is 2.60 bits per heavy atom. The van der Waals surface area contributed by atoms with Gasteiger partial charge >= 0.3 is 0 Å². The van der Waals surface area contributed by atoms with Crippen LogP contribution in [0.25, 0.3) is 0 Å². The molecule has 1 aliphatic carbocycles. The first-order chi connectivity index (χ1) is 4.84. The molecule has 10 heavy (non-hydrogen) atoms. The minimum Gasteiger partial charge on any atom is -0.393 e. The molecule has 0 radical (unpaired) electrons. The Kier molecular flexibility index (Phi) is 3.16. The van der Waals surface area contributed by atoms with Crippen molar-refractivity contribution in [3.8, 4) is 0 Å². The van der Waals surface area contributed by atoms with Gasteiger partial charge in [-0.1, -0.05) is 19.3 Å². The lowest BCUT2D eigenvalue weighted by Gasteiger charge is -2.17. The molecule has 60 valence electrons. The van der Waals surface area contributed by atoms with Crippen LogP contribution in [0.1, 0.15) is 32.1 Å². The molecule has 3 N–H and O–H groups in total. The molecule has 0 bridgehead atoms. The van der Waals surface area contributed by atoms with Crippen LogP contribution in [0.3, 0.4) is 0 Å². The van der Waals surface area contributed by atoms with Crippen LogP contribution in [-0.4, -0.2) is 17.8 Å². The zero-order valence-electron chi connectivity index (χ0n) is 6.42. The fourth-order valence-electron chi connectivity index (χ4n) is 1.64. The van der Waals surface area contributed by atoms with Gasteiger partial charge in [-0.05, 0) is 25.3 Å².